The fraction of sp³-hybridized carbons (Fsp3) is 0.944. The van der Waals surface area contributed by atoms with Gasteiger partial charge in [-0.15, -0.1) is 0 Å². The predicted octanol–water partition coefficient (Wildman–Crippen LogP) is 3.69. The van der Waals surface area contributed by atoms with Crippen LogP contribution in [0.2, 0.25) is 0 Å². The van der Waals surface area contributed by atoms with Crippen LogP contribution in [0, 0.1) is 17.3 Å². The van der Waals surface area contributed by atoms with E-state index >= 15 is 0 Å². The molecule has 1 aliphatic rings. The Morgan fingerprint density at radius 1 is 1.29 bits per heavy atom. The van der Waals surface area contributed by atoms with Gasteiger partial charge in [0.2, 0.25) is 5.91 Å². The van der Waals surface area contributed by atoms with Gasteiger partial charge in [0.25, 0.3) is 0 Å². The summed E-state index contributed by atoms with van der Waals surface area (Å²) in [5.41, 5.74) is -0.292. The van der Waals surface area contributed by atoms with Crippen molar-refractivity contribution < 1.29 is 4.79 Å². The first-order valence-corrected chi connectivity index (χ1v) is 8.75. The molecule has 0 aromatic rings. The first kappa shape index (κ1) is 18.5. The second-order valence-corrected chi connectivity index (χ2v) is 8.28. The molecule has 3 heteroatoms. The second-order valence-electron chi connectivity index (χ2n) is 8.28. The van der Waals surface area contributed by atoms with Crippen molar-refractivity contribution in [3.05, 3.63) is 0 Å². The van der Waals surface area contributed by atoms with Crippen LogP contribution >= 0.6 is 0 Å². The van der Waals surface area contributed by atoms with E-state index in [-0.39, 0.29) is 11.3 Å². The van der Waals surface area contributed by atoms with Crippen molar-refractivity contribution in [2.45, 2.75) is 73.3 Å². The molecule has 1 fully saturated rings. The molecular weight excluding hydrogens is 260 g/mol. The average molecular weight is 296 g/mol. The molecular formula is C18H36N2O. The van der Waals surface area contributed by atoms with Crippen molar-refractivity contribution in [2.24, 2.45) is 17.3 Å². The highest BCUT2D eigenvalue weighted by molar-refractivity contribution is 5.81. The summed E-state index contributed by atoms with van der Waals surface area (Å²) in [5, 5.41) is 3.29. The number of piperidine rings is 1. The molecule has 0 aromatic carbocycles. The van der Waals surface area contributed by atoms with Gasteiger partial charge in [0, 0.05) is 31.1 Å². The largest absolute Gasteiger partial charge is 0.352 e. The van der Waals surface area contributed by atoms with Crippen molar-refractivity contribution in [2.75, 3.05) is 19.6 Å². The van der Waals surface area contributed by atoms with Gasteiger partial charge < -0.3 is 10.2 Å². The van der Waals surface area contributed by atoms with Gasteiger partial charge in [0.15, 0.2) is 0 Å². The lowest BCUT2D eigenvalue weighted by atomic mass is 9.88. The first-order valence-electron chi connectivity index (χ1n) is 8.75. The van der Waals surface area contributed by atoms with Crippen molar-refractivity contribution in [1.82, 2.24) is 10.2 Å². The number of nitrogens with one attached hydrogen (secondary N) is 1. The van der Waals surface area contributed by atoms with Crippen molar-refractivity contribution in [1.29, 1.82) is 0 Å². The fourth-order valence-electron chi connectivity index (χ4n) is 3.18. The Bertz CT molecular complexity index is 320. The Kier molecular flexibility index (Phi) is 7.19. The molecule has 0 aliphatic carbocycles. The Labute approximate surface area is 131 Å². The van der Waals surface area contributed by atoms with Gasteiger partial charge in [-0.3, -0.25) is 4.79 Å². The van der Waals surface area contributed by atoms with Crippen LogP contribution < -0.4 is 5.32 Å². The molecule has 1 rings (SSSR count). The van der Waals surface area contributed by atoms with E-state index in [1.165, 1.54) is 25.8 Å². The van der Waals surface area contributed by atoms with E-state index in [1.807, 2.05) is 20.8 Å². The molecule has 1 heterocycles. The number of unbranched alkanes of at least 4 members (excludes halogenated alkanes) is 1. The number of amides is 1. The van der Waals surface area contributed by atoms with Crippen LogP contribution in [0.3, 0.4) is 0 Å². The first-order chi connectivity index (χ1) is 9.72. The van der Waals surface area contributed by atoms with Gasteiger partial charge in [-0.05, 0) is 24.7 Å². The summed E-state index contributed by atoms with van der Waals surface area (Å²) in [5.74, 6) is 1.62. The number of carbonyl (C=O) groups is 1. The number of hydrogen-bond acceptors (Lipinski definition) is 2. The maximum Gasteiger partial charge on any atom is 0.225 e. The third-order valence-corrected chi connectivity index (χ3v) is 4.22. The Morgan fingerprint density at radius 3 is 2.48 bits per heavy atom. The fourth-order valence-corrected chi connectivity index (χ4v) is 3.18. The van der Waals surface area contributed by atoms with E-state index in [2.05, 4.69) is 31.0 Å². The van der Waals surface area contributed by atoms with Crippen LogP contribution in [-0.4, -0.2) is 36.5 Å². The molecule has 3 nitrogen and oxygen atoms in total. The summed E-state index contributed by atoms with van der Waals surface area (Å²) in [7, 11) is 0. The summed E-state index contributed by atoms with van der Waals surface area (Å²) in [6.45, 7) is 16.2. The minimum absolute atomic E-state index is 0.188. The van der Waals surface area contributed by atoms with Crippen molar-refractivity contribution >= 4 is 5.91 Å². The normalized spacial score (nSPS) is 24.3. The monoisotopic (exact) mass is 296 g/mol. The molecule has 1 amide bonds. The summed E-state index contributed by atoms with van der Waals surface area (Å²) < 4.78 is 0. The molecule has 0 radical (unpaired) electrons. The summed E-state index contributed by atoms with van der Waals surface area (Å²) >= 11 is 0. The van der Waals surface area contributed by atoms with Gasteiger partial charge in [-0.2, -0.15) is 0 Å². The molecule has 0 spiro atoms. The van der Waals surface area contributed by atoms with Gasteiger partial charge in [-0.1, -0.05) is 54.4 Å². The lowest BCUT2D eigenvalue weighted by Crippen LogP contribution is -2.53. The summed E-state index contributed by atoms with van der Waals surface area (Å²) in [6, 6.07) is 0.325. The molecule has 0 saturated carbocycles. The molecule has 1 N–H and O–H groups in total. The van der Waals surface area contributed by atoms with E-state index in [4.69, 9.17) is 0 Å². The van der Waals surface area contributed by atoms with Crippen molar-refractivity contribution in [3.63, 3.8) is 0 Å². The Hall–Kier alpha value is -0.570. The minimum Gasteiger partial charge on any atom is -0.352 e. The van der Waals surface area contributed by atoms with E-state index < -0.39 is 0 Å². The zero-order valence-corrected chi connectivity index (χ0v) is 15.0. The zero-order valence-electron chi connectivity index (χ0n) is 15.0. The number of likely N-dealkylation sites (tertiary alicyclic amines) is 1. The van der Waals surface area contributed by atoms with E-state index in [9.17, 15) is 4.79 Å². The predicted molar refractivity (Wildman–Crippen MR) is 90.3 cm³/mol. The standard InChI is InChI=1S/C18H36N2O/c1-7-8-9-15-10-16(19-17(21)18(4,5)6)13-20(12-15)11-14(2)3/h14-16H,7-13H2,1-6H3,(H,19,21). The van der Waals surface area contributed by atoms with Gasteiger partial charge in [-0.25, -0.2) is 0 Å². The average Bonchev–Trinajstić information content (AvgIpc) is 2.34. The van der Waals surface area contributed by atoms with Crippen LogP contribution in [-0.2, 0) is 4.79 Å². The molecule has 1 aliphatic heterocycles. The highest BCUT2D eigenvalue weighted by Gasteiger charge is 2.30. The molecule has 0 aromatic heterocycles. The van der Waals surface area contributed by atoms with Crippen LogP contribution in [0.25, 0.3) is 0 Å². The lowest BCUT2D eigenvalue weighted by Gasteiger charge is -2.39. The van der Waals surface area contributed by atoms with E-state index in [1.54, 1.807) is 0 Å². The van der Waals surface area contributed by atoms with Gasteiger partial charge >= 0.3 is 0 Å². The number of rotatable bonds is 6. The Balaban J connectivity index is 2.62. The number of nitrogens with zero attached hydrogens (tertiary/aromatic N) is 1. The van der Waals surface area contributed by atoms with Gasteiger partial charge in [0.05, 0.1) is 0 Å². The molecule has 1 saturated heterocycles. The van der Waals surface area contributed by atoms with E-state index in [0.29, 0.717) is 12.0 Å². The van der Waals surface area contributed by atoms with Crippen LogP contribution in [0.15, 0.2) is 0 Å². The summed E-state index contributed by atoms with van der Waals surface area (Å²) in [6.07, 6.45) is 5.02. The maximum absolute atomic E-state index is 12.3. The Morgan fingerprint density at radius 2 is 1.95 bits per heavy atom. The molecule has 2 atom stereocenters. The van der Waals surface area contributed by atoms with Gasteiger partial charge in [0.1, 0.15) is 0 Å². The molecule has 124 valence electrons. The smallest absolute Gasteiger partial charge is 0.225 e. The topological polar surface area (TPSA) is 32.3 Å². The molecule has 21 heavy (non-hydrogen) atoms. The highest BCUT2D eigenvalue weighted by Crippen LogP contribution is 2.24. The third kappa shape index (κ3) is 6.82. The minimum atomic E-state index is -0.292. The SMILES string of the molecule is CCCCC1CC(NC(=O)C(C)(C)C)CN(CC(C)C)C1. The molecule has 2 unspecified atom stereocenters. The lowest BCUT2D eigenvalue weighted by molar-refractivity contribution is -0.129. The third-order valence-electron chi connectivity index (χ3n) is 4.22. The van der Waals surface area contributed by atoms with Crippen LogP contribution in [0.4, 0.5) is 0 Å². The highest BCUT2D eigenvalue weighted by atomic mass is 16.2. The van der Waals surface area contributed by atoms with Crippen LogP contribution in [0.1, 0.15) is 67.2 Å². The van der Waals surface area contributed by atoms with Crippen LogP contribution in [0.5, 0.6) is 0 Å². The van der Waals surface area contributed by atoms with Crippen molar-refractivity contribution in [3.8, 4) is 0 Å². The maximum atomic E-state index is 12.3. The zero-order chi connectivity index (χ0) is 16.0. The van der Waals surface area contributed by atoms with E-state index in [0.717, 1.165) is 25.4 Å². The quantitative estimate of drug-likeness (QED) is 0.811. The number of hydrogen-bond donors (Lipinski definition) is 1. The number of carbonyl (C=O) groups excluding carboxylic acids is 1. The second kappa shape index (κ2) is 8.17. The summed E-state index contributed by atoms with van der Waals surface area (Å²) in [4.78, 5) is 14.8. The molecule has 0 bridgehead atoms.